The summed E-state index contributed by atoms with van der Waals surface area (Å²) in [7, 11) is 0. The molecular formula is C12H23ClN2O2. The largest absolute Gasteiger partial charge is 0.366 e. The summed E-state index contributed by atoms with van der Waals surface area (Å²) in [5.74, 6) is 0.0481. The summed E-state index contributed by atoms with van der Waals surface area (Å²) in [6.07, 6.45) is 4.70. The Morgan fingerprint density at radius 2 is 2.29 bits per heavy atom. The normalized spacial score (nSPS) is 26.5. The van der Waals surface area contributed by atoms with Gasteiger partial charge in [0.15, 0.2) is 0 Å². The van der Waals surface area contributed by atoms with Crippen molar-refractivity contribution < 1.29 is 9.53 Å². The third-order valence-corrected chi connectivity index (χ3v) is 4.02. The van der Waals surface area contributed by atoms with Gasteiger partial charge in [0.25, 0.3) is 0 Å². The summed E-state index contributed by atoms with van der Waals surface area (Å²) in [6, 6.07) is 0. The molecule has 1 heterocycles. The van der Waals surface area contributed by atoms with Crippen molar-refractivity contribution in [2.45, 2.75) is 38.7 Å². The number of ether oxygens (including phenoxy) is 1. The van der Waals surface area contributed by atoms with E-state index in [1.54, 1.807) is 0 Å². The first-order valence-corrected chi connectivity index (χ1v) is 6.36. The molecule has 2 rings (SSSR count). The topological polar surface area (TPSA) is 50.4 Å². The van der Waals surface area contributed by atoms with Crippen LogP contribution in [0.15, 0.2) is 0 Å². The van der Waals surface area contributed by atoms with E-state index in [2.05, 4.69) is 17.6 Å². The maximum absolute atomic E-state index is 11.8. The highest BCUT2D eigenvalue weighted by Crippen LogP contribution is 2.42. The fourth-order valence-electron chi connectivity index (χ4n) is 2.45. The van der Waals surface area contributed by atoms with Gasteiger partial charge in [0, 0.05) is 19.6 Å². The molecule has 100 valence electrons. The Kier molecular flexibility index (Phi) is 5.70. The summed E-state index contributed by atoms with van der Waals surface area (Å²) in [4.78, 5) is 11.8. The SMILES string of the molecule is CCC1(CNC(=O)C2CNCCO2)CCC1.Cl. The minimum absolute atomic E-state index is 0. The number of amides is 1. The summed E-state index contributed by atoms with van der Waals surface area (Å²) in [5.41, 5.74) is 0.387. The van der Waals surface area contributed by atoms with Crippen molar-refractivity contribution in [2.75, 3.05) is 26.2 Å². The molecule has 0 spiro atoms. The zero-order chi connectivity index (χ0) is 11.4. The number of rotatable bonds is 4. The predicted molar refractivity (Wildman–Crippen MR) is 69.4 cm³/mol. The molecule has 0 aromatic carbocycles. The van der Waals surface area contributed by atoms with Crippen molar-refractivity contribution in [3.63, 3.8) is 0 Å². The molecule has 2 aliphatic rings. The molecule has 5 heteroatoms. The Labute approximate surface area is 109 Å². The first-order valence-electron chi connectivity index (χ1n) is 6.36. The minimum Gasteiger partial charge on any atom is -0.366 e. The van der Waals surface area contributed by atoms with Crippen molar-refractivity contribution in [1.82, 2.24) is 10.6 Å². The number of hydrogen-bond donors (Lipinski definition) is 2. The lowest BCUT2D eigenvalue weighted by atomic mass is 9.67. The van der Waals surface area contributed by atoms with Gasteiger partial charge in [-0.15, -0.1) is 12.4 Å². The van der Waals surface area contributed by atoms with E-state index < -0.39 is 0 Å². The van der Waals surface area contributed by atoms with E-state index in [4.69, 9.17) is 4.74 Å². The lowest BCUT2D eigenvalue weighted by Gasteiger charge is -2.41. The third kappa shape index (κ3) is 3.57. The van der Waals surface area contributed by atoms with Gasteiger partial charge in [0.05, 0.1) is 6.61 Å². The minimum atomic E-state index is -0.289. The number of morpholine rings is 1. The van der Waals surface area contributed by atoms with Gasteiger partial charge in [-0.3, -0.25) is 4.79 Å². The highest BCUT2D eigenvalue weighted by Gasteiger charge is 2.35. The Morgan fingerprint density at radius 3 is 2.76 bits per heavy atom. The molecule has 1 amide bonds. The second kappa shape index (κ2) is 6.57. The van der Waals surface area contributed by atoms with Crippen molar-refractivity contribution >= 4 is 18.3 Å². The maximum atomic E-state index is 11.8. The van der Waals surface area contributed by atoms with Crippen LogP contribution >= 0.6 is 12.4 Å². The molecule has 0 bridgehead atoms. The molecule has 1 unspecified atom stereocenters. The molecule has 1 aliphatic heterocycles. The van der Waals surface area contributed by atoms with Crippen LogP contribution in [0.5, 0.6) is 0 Å². The van der Waals surface area contributed by atoms with E-state index in [1.165, 1.54) is 19.3 Å². The highest BCUT2D eigenvalue weighted by atomic mass is 35.5. The van der Waals surface area contributed by atoms with Crippen molar-refractivity contribution in [3.05, 3.63) is 0 Å². The van der Waals surface area contributed by atoms with Gasteiger partial charge in [0.2, 0.25) is 5.91 Å². The molecular weight excluding hydrogens is 240 g/mol. The van der Waals surface area contributed by atoms with Gasteiger partial charge in [0.1, 0.15) is 6.10 Å². The zero-order valence-corrected chi connectivity index (χ0v) is 11.3. The van der Waals surface area contributed by atoms with Crippen molar-refractivity contribution in [1.29, 1.82) is 0 Å². The molecule has 1 saturated carbocycles. The Balaban J connectivity index is 0.00000144. The second-order valence-electron chi connectivity index (χ2n) is 4.99. The molecule has 0 radical (unpaired) electrons. The van der Waals surface area contributed by atoms with E-state index in [0.29, 0.717) is 18.6 Å². The maximum Gasteiger partial charge on any atom is 0.250 e. The molecule has 1 atom stereocenters. The van der Waals surface area contributed by atoms with Crippen LogP contribution in [-0.2, 0) is 9.53 Å². The van der Waals surface area contributed by atoms with E-state index in [0.717, 1.165) is 19.5 Å². The zero-order valence-electron chi connectivity index (χ0n) is 10.5. The number of carbonyl (C=O) groups excluding carboxylic acids is 1. The summed E-state index contributed by atoms with van der Waals surface area (Å²) in [5, 5.41) is 6.21. The predicted octanol–water partition coefficient (Wildman–Crippen LogP) is 1.09. The summed E-state index contributed by atoms with van der Waals surface area (Å²) >= 11 is 0. The lowest BCUT2D eigenvalue weighted by molar-refractivity contribution is -0.135. The van der Waals surface area contributed by atoms with Gasteiger partial charge >= 0.3 is 0 Å². The standard InChI is InChI=1S/C12H22N2O2.ClH/c1-2-12(4-3-5-12)9-14-11(15)10-8-13-6-7-16-10;/h10,13H,2-9H2,1H3,(H,14,15);1H. The van der Waals surface area contributed by atoms with E-state index in [9.17, 15) is 4.79 Å². The third-order valence-electron chi connectivity index (χ3n) is 4.02. The van der Waals surface area contributed by atoms with Crippen LogP contribution in [0.4, 0.5) is 0 Å². The quantitative estimate of drug-likeness (QED) is 0.798. The van der Waals surface area contributed by atoms with Crippen LogP contribution in [0.25, 0.3) is 0 Å². The Bertz CT molecular complexity index is 245. The number of halogens is 1. The van der Waals surface area contributed by atoms with Gasteiger partial charge in [-0.05, 0) is 24.7 Å². The Hall–Kier alpha value is -0.320. The molecule has 0 aromatic rings. The van der Waals surface area contributed by atoms with Crippen LogP contribution in [0, 0.1) is 5.41 Å². The van der Waals surface area contributed by atoms with Crippen LogP contribution in [0.2, 0.25) is 0 Å². The molecule has 0 aromatic heterocycles. The number of nitrogens with one attached hydrogen (secondary N) is 2. The molecule has 2 fully saturated rings. The molecule has 1 saturated heterocycles. The summed E-state index contributed by atoms with van der Waals surface area (Å²) < 4.78 is 5.42. The van der Waals surface area contributed by atoms with Crippen molar-refractivity contribution in [3.8, 4) is 0 Å². The molecule has 4 nitrogen and oxygen atoms in total. The molecule has 2 N–H and O–H groups in total. The van der Waals surface area contributed by atoms with Gasteiger partial charge in [-0.25, -0.2) is 0 Å². The molecule has 1 aliphatic carbocycles. The number of carbonyl (C=O) groups is 1. The lowest BCUT2D eigenvalue weighted by Crippen LogP contribution is -2.50. The first kappa shape index (κ1) is 14.7. The second-order valence-corrected chi connectivity index (χ2v) is 4.99. The van der Waals surface area contributed by atoms with Crippen LogP contribution < -0.4 is 10.6 Å². The van der Waals surface area contributed by atoms with E-state index in [1.807, 2.05) is 0 Å². The first-order chi connectivity index (χ1) is 7.76. The van der Waals surface area contributed by atoms with Gasteiger partial charge < -0.3 is 15.4 Å². The van der Waals surface area contributed by atoms with Gasteiger partial charge in [-0.1, -0.05) is 13.3 Å². The smallest absolute Gasteiger partial charge is 0.250 e. The van der Waals surface area contributed by atoms with E-state index >= 15 is 0 Å². The summed E-state index contributed by atoms with van der Waals surface area (Å²) in [6.45, 7) is 5.16. The highest BCUT2D eigenvalue weighted by molar-refractivity contribution is 5.85. The number of hydrogen-bond acceptors (Lipinski definition) is 3. The van der Waals surface area contributed by atoms with E-state index in [-0.39, 0.29) is 24.4 Å². The average Bonchev–Trinajstić information content (AvgIpc) is 2.29. The monoisotopic (exact) mass is 262 g/mol. The average molecular weight is 263 g/mol. The molecule has 17 heavy (non-hydrogen) atoms. The van der Waals surface area contributed by atoms with Crippen molar-refractivity contribution in [2.24, 2.45) is 5.41 Å². The Morgan fingerprint density at radius 1 is 1.53 bits per heavy atom. The fraction of sp³-hybridized carbons (Fsp3) is 0.917. The van der Waals surface area contributed by atoms with Crippen LogP contribution in [0.1, 0.15) is 32.6 Å². The van der Waals surface area contributed by atoms with Crippen LogP contribution in [0.3, 0.4) is 0 Å². The van der Waals surface area contributed by atoms with Crippen LogP contribution in [-0.4, -0.2) is 38.3 Å². The van der Waals surface area contributed by atoms with Gasteiger partial charge in [-0.2, -0.15) is 0 Å². The fourth-order valence-corrected chi connectivity index (χ4v) is 2.45.